The van der Waals surface area contributed by atoms with E-state index in [0.717, 1.165) is 17.0 Å². The van der Waals surface area contributed by atoms with Crippen molar-refractivity contribution in [3.8, 4) is 0 Å². The van der Waals surface area contributed by atoms with Gasteiger partial charge in [-0.2, -0.15) is 18.3 Å². The highest BCUT2D eigenvalue weighted by molar-refractivity contribution is 7.92. The van der Waals surface area contributed by atoms with Gasteiger partial charge in [0.15, 0.2) is 0 Å². The summed E-state index contributed by atoms with van der Waals surface area (Å²) in [5, 5.41) is 5.57. The largest absolute Gasteiger partial charge is 0.416 e. The zero-order valence-electron chi connectivity index (χ0n) is 15.8. The summed E-state index contributed by atoms with van der Waals surface area (Å²) in [7, 11) is -4.32. The Morgan fingerprint density at radius 3 is 2.45 bits per heavy atom. The summed E-state index contributed by atoms with van der Waals surface area (Å²) in [6, 6.07) is 14.5. The van der Waals surface area contributed by atoms with Crippen LogP contribution in [0.4, 0.5) is 18.9 Å². The fourth-order valence-corrected chi connectivity index (χ4v) is 4.59. The van der Waals surface area contributed by atoms with Gasteiger partial charge in [-0.15, -0.1) is 11.3 Å². The second kappa shape index (κ2) is 9.31. The molecule has 0 fully saturated rings. The maximum atomic E-state index is 13.1. The third-order valence-electron chi connectivity index (χ3n) is 4.00. The van der Waals surface area contributed by atoms with Crippen LogP contribution in [0.25, 0.3) is 0 Å². The van der Waals surface area contributed by atoms with Crippen molar-refractivity contribution in [3.05, 3.63) is 82.6 Å². The van der Waals surface area contributed by atoms with Gasteiger partial charge >= 0.3 is 6.18 Å². The van der Waals surface area contributed by atoms with E-state index in [2.05, 4.69) is 10.5 Å². The quantitative estimate of drug-likeness (QED) is 0.420. The Bertz CT molecular complexity index is 1160. The third-order valence-corrected chi connectivity index (χ3v) is 6.60. The monoisotopic (exact) mass is 467 g/mol. The average Bonchev–Trinajstić information content (AvgIpc) is 3.25. The SMILES string of the molecule is O=C(CN(c1cccc(C(F)(F)F)c1)S(=O)(=O)c1ccccc1)NN=Cc1cccs1. The van der Waals surface area contributed by atoms with Gasteiger partial charge in [0.25, 0.3) is 15.9 Å². The van der Waals surface area contributed by atoms with Gasteiger partial charge in [0.2, 0.25) is 0 Å². The molecule has 0 unspecified atom stereocenters. The number of hydrazone groups is 1. The van der Waals surface area contributed by atoms with E-state index in [1.165, 1.54) is 47.9 Å². The Morgan fingerprint density at radius 2 is 1.81 bits per heavy atom. The van der Waals surface area contributed by atoms with Crippen LogP contribution in [-0.2, 0) is 21.0 Å². The fourth-order valence-electron chi connectivity index (χ4n) is 2.57. The van der Waals surface area contributed by atoms with Crippen molar-refractivity contribution in [2.24, 2.45) is 5.10 Å². The van der Waals surface area contributed by atoms with Crippen molar-refractivity contribution in [2.75, 3.05) is 10.8 Å². The predicted octanol–water partition coefficient (Wildman–Crippen LogP) is 4.11. The van der Waals surface area contributed by atoms with E-state index in [1.807, 2.05) is 5.38 Å². The molecule has 0 bridgehead atoms. The summed E-state index contributed by atoms with van der Waals surface area (Å²) in [6.07, 6.45) is -3.30. The number of carbonyl (C=O) groups is 1. The van der Waals surface area contributed by atoms with Crippen LogP contribution < -0.4 is 9.73 Å². The number of amides is 1. The van der Waals surface area contributed by atoms with E-state index in [9.17, 15) is 26.4 Å². The van der Waals surface area contributed by atoms with E-state index >= 15 is 0 Å². The van der Waals surface area contributed by atoms with Gasteiger partial charge in [0, 0.05) is 4.88 Å². The Labute approximate surface area is 180 Å². The highest BCUT2D eigenvalue weighted by Crippen LogP contribution is 2.33. The average molecular weight is 467 g/mol. The molecule has 0 radical (unpaired) electrons. The second-order valence-corrected chi connectivity index (χ2v) is 9.02. The number of hydrogen-bond acceptors (Lipinski definition) is 5. The number of sulfonamides is 1. The first kappa shape index (κ1) is 22.5. The highest BCUT2D eigenvalue weighted by Gasteiger charge is 2.33. The summed E-state index contributed by atoms with van der Waals surface area (Å²) in [5.41, 5.74) is 0.870. The summed E-state index contributed by atoms with van der Waals surface area (Å²) >= 11 is 1.38. The minimum atomic E-state index is -4.68. The predicted molar refractivity (Wildman–Crippen MR) is 112 cm³/mol. The van der Waals surface area contributed by atoms with Crippen LogP contribution in [0.5, 0.6) is 0 Å². The summed E-state index contributed by atoms with van der Waals surface area (Å²) in [4.78, 5) is 13.0. The first-order valence-corrected chi connectivity index (χ1v) is 11.1. The Balaban J connectivity index is 1.92. The molecule has 0 atom stereocenters. The molecular formula is C20H16F3N3O3S2. The maximum absolute atomic E-state index is 13.1. The van der Waals surface area contributed by atoms with Crippen LogP contribution in [0.15, 0.2) is 82.1 Å². The lowest BCUT2D eigenvalue weighted by Crippen LogP contribution is -2.39. The van der Waals surface area contributed by atoms with Crippen molar-refractivity contribution in [1.82, 2.24) is 5.43 Å². The van der Waals surface area contributed by atoms with Crippen molar-refractivity contribution < 1.29 is 26.4 Å². The van der Waals surface area contributed by atoms with E-state index < -0.39 is 34.2 Å². The van der Waals surface area contributed by atoms with Crippen LogP contribution >= 0.6 is 11.3 Å². The number of halogens is 3. The lowest BCUT2D eigenvalue weighted by molar-refractivity contribution is -0.137. The van der Waals surface area contributed by atoms with Gasteiger partial charge in [-0.1, -0.05) is 30.3 Å². The minimum absolute atomic E-state index is 0.165. The van der Waals surface area contributed by atoms with Gasteiger partial charge in [-0.05, 0) is 41.8 Å². The second-order valence-electron chi connectivity index (χ2n) is 6.18. The molecule has 3 rings (SSSR count). The van der Waals surface area contributed by atoms with Crippen LogP contribution in [0.3, 0.4) is 0 Å². The number of benzene rings is 2. The standard InChI is InChI=1S/C20H16F3N3O3S2/c21-20(22,23)15-6-4-7-16(12-15)26(31(28,29)18-9-2-1-3-10-18)14-19(27)25-24-13-17-8-5-11-30-17/h1-13H,14H2,(H,25,27). The number of carbonyl (C=O) groups excluding carboxylic acids is 1. The van der Waals surface area contributed by atoms with Gasteiger partial charge in [-0.3, -0.25) is 9.10 Å². The van der Waals surface area contributed by atoms with Crippen LogP contribution in [-0.4, -0.2) is 27.1 Å². The molecule has 0 aliphatic carbocycles. The summed E-state index contributed by atoms with van der Waals surface area (Å²) < 4.78 is 66.3. The molecule has 1 N–H and O–H groups in total. The number of alkyl halides is 3. The molecule has 1 aromatic heterocycles. The van der Waals surface area contributed by atoms with E-state index in [0.29, 0.717) is 10.4 Å². The first-order chi connectivity index (χ1) is 14.7. The smallest absolute Gasteiger partial charge is 0.271 e. The lowest BCUT2D eigenvalue weighted by Gasteiger charge is -2.24. The number of rotatable bonds is 7. The van der Waals surface area contributed by atoms with Crippen molar-refractivity contribution in [2.45, 2.75) is 11.1 Å². The first-order valence-electron chi connectivity index (χ1n) is 8.78. The molecule has 0 spiro atoms. The molecular weight excluding hydrogens is 451 g/mol. The third kappa shape index (κ3) is 5.70. The minimum Gasteiger partial charge on any atom is -0.271 e. The molecule has 31 heavy (non-hydrogen) atoms. The number of hydrogen-bond donors (Lipinski definition) is 1. The fraction of sp³-hybridized carbons (Fsp3) is 0.100. The molecule has 162 valence electrons. The molecule has 0 aliphatic heterocycles. The van der Waals surface area contributed by atoms with E-state index in [4.69, 9.17) is 0 Å². The zero-order chi connectivity index (χ0) is 22.5. The Kier molecular flexibility index (Phi) is 6.76. The molecule has 2 aromatic carbocycles. The van der Waals surface area contributed by atoms with E-state index in [1.54, 1.807) is 18.2 Å². The maximum Gasteiger partial charge on any atom is 0.416 e. The van der Waals surface area contributed by atoms with Crippen LogP contribution in [0.1, 0.15) is 10.4 Å². The Hall–Kier alpha value is -3.18. The summed E-state index contributed by atoms with van der Waals surface area (Å²) in [6.45, 7) is -0.764. The molecule has 1 heterocycles. The van der Waals surface area contributed by atoms with Crippen molar-refractivity contribution in [1.29, 1.82) is 0 Å². The molecule has 0 saturated carbocycles. The van der Waals surface area contributed by atoms with Crippen LogP contribution in [0.2, 0.25) is 0 Å². The van der Waals surface area contributed by atoms with Gasteiger partial charge in [-0.25, -0.2) is 13.8 Å². The number of nitrogens with one attached hydrogen (secondary N) is 1. The van der Waals surface area contributed by atoms with Crippen molar-refractivity contribution in [3.63, 3.8) is 0 Å². The summed E-state index contributed by atoms with van der Waals surface area (Å²) in [5.74, 6) is -0.815. The molecule has 1 amide bonds. The molecule has 11 heteroatoms. The number of thiophene rings is 1. The highest BCUT2D eigenvalue weighted by atomic mass is 32.2. The molecule has 6 nitrogen and oxygen atoms in total. The van der Waals surface area contributed by atoms with Gasteiger partial charge in [0.05, 0.1) is 22.4 Å². The van der Waals surface area contributed by atoms with Gasteiger partial charge in [0.1, 0.15) is 6.54 Å². The van der Waals surface area contributed by atoms with E-state index in [-0.39, 0.29) is 10.6 Å². The molecule has 0 saturated heterocycles. The van der Waals surface area contributed by atoms with Gasteiger partial charge < -0.3 is 0 Å². The Morgan fingerprint density at radius 1 is 1.06 bits per heavy atom. The normalized spacial score (nSPS) is 12.1. The number of nitrogens with zero attached hydrogens (tertiary/aromatic N) is 2. The molecule has 3 aromatic rings. The van der Waals surface area contributed by atoms with Crippen molar-refractivity contribution >= 4 is 39.2 Å². The lowest BCUT2D eigenvalue weighted by atomic mass is 10.2. The molecule has 0 aliphatic rings. The zero-order valence-corrected chi connectivity index (χ0v) is 17.4. The number of anilines is 1. The topological polar surface area (TPSA) is 78.8 Å². The van der Waals surface area contributed by atoms with Crippen LogP contribution in [0, 0.1) is 0 Å².